The molecule has 0 spiro atoms. The maximum atomic E-state index is 9.82. The Bertz CT molecular complexity index is 135. The van der Waals surface area contributed by atoms with Gasteiger partial charge in [0, 0.05) is 17.3 Å². The van der Waals surface area contributed by atoms with Crippen molar-refractivity contribution in [2.75, 3.05) is 11.5 Å². The van der Waals surface area contributed by atoms with Gasteiger partial charge in [-0.1, -0.05) is 26.5 Å². The molecule has 0 aliphatic rings. The second kappa shape index (κ2) is 8.39. The SMILES string of the molecule is C=CC[S+](CC=C)C(O)CCCC. The molecule has 0 amide bonds. The molecule has 1 atom stereocenters. The molecule has 0 bridgehead atoms. The third kappa shape index (κ3) is 5.94. The van der Waals surface area contributed by atoms with Gasteiger partial charge in [-0.15, -0.1) is 0 Å². The van der Waals surface area contributed by atoms with E-state index in [-0.39, 0.29) is 16.3 Å². The fourth-order valence-corrected chi connectivity index (χ4v) is 2.82. The first-order valence-electron chi connectivity index (χ1n) is 4.82. The predicted molar refractivity (Wildman–Crippen MR) is 63.0 cm³/mol. The molecule has 0 radical (unpaired) electrons. The Kier molecular flexibility index (Phi) is 8.26. The van der Waals surface area contributed by atoms with Crippen LogP contribution in [0.5, 0.6) is 0 Å². The Labute approximate surface area is 84.9 Å². The summed E-state index contributed by atoms with van der Waals surface area (Å²) < 4.78 is 0. The Morgan fingerprint density at radius 3 is 2.23 bits per heavy atom. The van der Waals surface area contributed by atoms with Gasteiger partial charge in [0.1, 0.15) is 11.5 Å². The molecule has 1 N–H and O–H groups in total. The minimum atomic E-state index is -0.157. The van der Waals surface area contributed by atoms with Gasteiger partial charge in [-0.05, 0) is 18.6 Å². The fourth-order valence-electron chi connectivity index (χ4n) is 1.14. The molecule has 0 aliphatic heterocycles. The number of hydrogen-bond donors (Lipinski definition) is 1. The second-order valence-electron chi connectivity index (χ2n) is 3.05. The minimum Gasteiger partial charge on any atom is -0.349 e. The van der Waals surface area contributed by atoms with Crippen molar-refractivity contribution in [3.63, 3.8) is 0 Å². The zero-order valence-electron chi connectivity index (χ0n) is 8.54. The fraction of sp³-hybridized carbons (Fsp3) is 0.636. The van der Waals surface area contributed by atoms with Gasteiger partial charge in [0.15, 0.2) is 0 Å². The van der Waals surface area contributed by atoms with Crippen molar-refractivity contribution in [3.05, 3.63) is 25.3 Å². The van der Waals surface area contributed by atoms with Crippen molar-refractivity contribution in [1.29, 1.82) is 0 Å². The van der Waals surface area contributed by atoms with Crippen LogP contribution < -0.4 is 0 Å². The Morgan fingerprint density at radius 2 is 1.85 bits per heavy atom. The van der Waals surface area contributed by atoms with E-state index >= 15 is 0 Å². The Morgan fingerprint density at radius 1 is 1.31 bits per heavy atom. The molecule has 1 unspecified atom stereocenters. The first-order valence-corrected chi connectivity index (χ1v) is 6.45. The van der Waals surface area contributed by atoms with Gasteiger partial charge in [-0.3, -0.25) is 0 Å². The van der Waals surface area contributed by atoms with E-state index in [9.17, 15) is 5.11 Å². The Balaban J connectivity index is 3.85. The molecule has 13 heavy (non-hydrogen) atoms. The molecule has 0 heterocycles. The molecule has 2 heteroatoms. The highest BCUT2D eigenvalue weighted by Crippen LogP contribution is 2.12. The van der Waals surface area contributed by atoms with Crippen molar-refractivity contribution >= 4 is 10.9 Å². The van der Waals surface area contributed by atoms with E-state index in [2.05, 4.69) is 20.1 Å². The van der Waals surface area contributed by atoms with Gasteiger partial charge in [0.05, 0.1) is 0 Å². The van der Waals surface area contributed by atoms with Crippen molar-refractivity contribution in [2.24, 2.45) is 0 Å². The van der Waals surface area contributed by atoms with Crippen LogP contribution in [0, 0.1) is 0 Å². The summed E-state index contributed by atoms with van der Waals surface area (Å²) in [6.45, 7) is 9.56. The largest absolute Gasteiger partial charge is 0.349 e. The molecule has 0 aromatic carbocycles. The Hall–Kier alpha value is -0.210. The summed E-state index contributed by atoms with van der Waals surface area (Å²) in [5.74, 6) is 1.83. The van der Waals surface area contributed by atoms with Crippen molar-refractivity contribution in [2.45, 2.75) is 31.6 Å². The molecule has 0 rings (SSSR count). The lowest BCUT2D eigenvalue weighted by Crippen LogP contribution is -2.25. The lowest BCUT2D eigenvalue weighted by Gasteiger charge is -2.11. The van der Waals surface area contributed by atoms with Crippen LogP contribution >= 0.6 is 0 Å². The highest BCUT2D eigenvalue weighted by molar-refractivity contribution is 7.97. The lowest BCUT2D eigenvalue weighted by molar-refractivity contribution is 0.245. The van der Waals surface area contributed by atoms with Crippen molar-refractivity contribution < 1.29 is 5.11 Å². The molecule has 0 saturated carbocycles. The highest BCUT2D eigenvalue weighted by atomic mass is 32.2. The third-order valence-electron chi connectivity index (χ3n) is 1.85. The first-order chi connectivity index (χ1) is 6.26. The van der Waals surface area contributed by atoms with Crippen molar-refractivity contribution in [3.8, 4) is 0 Å². The summed E-state index contributed by atoms with van der Waals surface area (Å²) in [4.78, 5) is 0. The molecular weight excluding hydrogens is 180 g/mol. The molecule has 0 aromatic rings. The summed E-state index contributed by atoms with van der Waals surface area (Å²) in [6, 6.07) is 0. The van der Waals surface area contributed by atoms with E-state index in [0.717, 1.165) is 30.8 Å². The summed E-state index contributed by atoms with van der Waals surface area (Å²) in [5, 5.41) is 9.82. The smallest absolute Gasteiger partial charge is 0.216 e. The van der Waals surface area contributed by atoms with Gasteiger partial charge >= 0.3 is 0 Å². The van der Waals surface area contributed by atoms with Gasteiger partial charge in [0.25, 0.3) is 0 Å². The minimum absolute atomic E-state index is 0.0487. The van der Waals surface area contributed by atoms with Gasteiger partial charge in [0.2, 0.25) is 5.44 Å². The second-order valence-corrected chi connectivity index (χ2v) is 5.33. The maximum absolute atomic E-state index is 9.82. The molecule has 0 aliphatic carbocycles. The monoisotopic (exact) mass is 201 g/mol. The van der Waals surface area contributed by atoms with Gasteiger partial charge in [-0.25, -0.2) is 0 Å². The van der Waals surface area contributed by atoms with E-state index < -0.39 is 0 Å². The average Bonchev–Trinajstić information content (AvgIpc) is 2.14. The van der Waals surface area contributed by atoms with Crippen molar-refractivity contribution in [1.82, 2.24) is 0 Å². The molecule has 0 fully saturated rings. The molecule has 1 nitrogen and oxygen atoms in total. The van der Waals surface area contributed by atoms with Crippen LogP contribution in [0.3, 0.4) is 0 Å². The third-order valence-corrected chi connectivity index (χ3v) is 4.19. The zero-order valence-corrected chi connectivity index (χ0v) is 9.35. The average molecular weight is 201 g/mol. The molecular formula is C11H21OS+. The molecule has 0 aromatic heterocycles. The summed E-state index contributed by atoms with van der Waals surface area (Å²) >= 11 is 0. The van der Waals surface area contributed by atoms with Crippen LogP contribution in [0.1, 0.15) is 26.2 Å². The van der Waals surface area contributed by atoms with E-state index in [1.54, 1.807) is 0 Å². The number of aliphatic hydroxyl groups is 1. The summed E-state index contributed by atoms with van der Waals surface area (Å²) in [6.07, 6.45) is 6.96. The quantitative estimate of drug-likeness (QED) is 0.472. The predicted octanol–water partition coefficient (Wildman–Crippen LogP) is 2.49. The first kappa shape index (κ1) is 12.8. The molecule has 76 valence electrons. The topological polar surface area (TPSA) is 20.2 Å². The van der Waals surface area contributed by atoms with Crippen LogP contribution in [0.15, 0.2) is 25.3 Å². The van der Waals surface area contributed by atoms with E-state index in [1.165, 1.54) is 0 Å². The van der Waals surface area contributed by atoms with Crippen LogP contribution in [-0.2, 0) is 10.9 Å². The van der Waals surface area contributed by atoms with Crippen LogP contribution in [0.4, 0.5) is 0 Å². The maximum Gasteiger partial charge on any atom is 0.216 e. The number of aliphatic hydroxyl groups excluding tert-OH is 1. The standard InChI is InChI=1S/C11H21OS/c1-4-7-8-11(12)13(9-5-2)10-6-3/h5-6,11-12H,2-4,7-10H2,1H3/q+1. The summed E-state index contributed by atoms with van der Waals surface area (Å²) in [5.41, 5.74) is -0.157. The lowest BCUT2D eigenvalue weighted by atomic mass is 10.3. The normalized spacial score (nSPS) is 12.8. The van der Waals surface area contributed by atoms with E-state index in [4.69, 9.17) is 0 Å². The summed E-state index contributed by atoms with van der Waals surface area (Å²) in [7, 11) is 0.0487. The molecule has 0 saturated heterocycles. The number of rotatable bonds is 8. The zero-order chi connectivity index (χ0) is 10.1. The van der Waals surface area contributed by atoms with Crippen LogP contribution in [-0.4, -0.2) is 22.0 Å². The van der Waals surface area contributed by atoms with Crippen LogP contribution in [0.25, 0.3) is 0 Å². The number of unbranched alkanes of at least 4 members (excludes halogenated alkanes) is 1. The number of hydrogen-bond acceptors (Lipinski definition) is 1. The van der Waals surface area contributed by atoms with Crippen LogP contribution in [0.2, 0.25) is 0 Å². The highest BCUT2D eigenvalue weighted by Gasteiger charge is 2.24. The van der Waals surface area contributed by atoms with Gasteiger partial charge in [-0.2, -0.15) is 0 Å². The van der Waals surface area contributed by atoms with E-state index in [1.807, 2.05) is 12.2 Å². The van der Waals surface area contributed by atoms with E-state index in [0.29, 0.717) is 0 Å². The van der Waals surface area contributed by atoms with Gasteiger partial charge < -0.3 is 5.11 Å².